The summed E-state index contributed by atoms with van der Waals surface area (Å²) in [4.78, 5) is 33.5. The number of epoxide rings is 1. The van der Waals surface area contributed by atoms with Gasteiger partial charge in [0.05, 0.1) is 49.8 Å². The Morgan fingerprint density at radius 2 is 1.75 bits per heavy atom. The lowest BCUT2D eigenvalue weighted by Gasteiger charge is -2.43. The van der Waals surface area contributed by atoms with E-state index in [1.54, 1.807) is 31.2 Å². The summed E-state index contributed by atoms with van der Waals surface area (Å²) in [5.74, 6) is 11.4. The molecular formula is C54H61ClN2O16. The van der Waals surface area contributed by atoms with Gasteiger partial charge in [-0.3, -0.25) is 4.79 Å². The monoisotopic (exact) mass is 1030 g/mol. The molecule has 390 valence electrons. The molecule has 2 aromatic carbocycles. The Balaban J connectivity index is 1.09. The third-order valence-electron chi connectivity index (χ3n) is 14.1. The molecule has 5 bridgehead atoms. The lowest BCUT2D eigenvalue weighted by Crippen LogP contribution is -2.57. The van der Waals surface area contributed by atoms with Gasteiger partial charge in [0.25, 0.3) is 5.91 Å². The van der Waals surface area contributed by atoms with Crippen LogP contribution in [0.25, 0.3) is 10.8 Å². The molecule has 1 spiro atoms. The lowest BCUT2D eigenvalue weighted by molar-refractivity contribution is -0.290. The predicted octanol–water partition coefficient (Wildman–Crippen LogP) is 4.85. The highest BCUT2D eigenvalue weighted by molar-refractivity contribution is 6.30. The first-order chi connectivity index (χ1) is 34.7. The van der Waals surface area contributed by atoms with E-state index in [0.717, 1.165) is 0 Å². The number of aliphatic hydroxyl groups excluding tert-OH is 2. The molecule has 6 heterocycles. The van der Waals surface area contributed by atoms with Gasteiger partial charge in [-0.25, -0.2) is 9.78 Å². The van der Waals surface area contributed by atoms with Crippen LogP contribution in [0.3, 0.4) is 0 Å². The molecule has 3 saturated heterocycles. The van der Waals surface area contributed by atoms with E-state index in [1.807, 2.05) is 34.6 Å². The summed E-state index contributed by atoms with van der Waals surface area (Å²) >= 11 is 6.86. The fraction of sp³-hybridized carbons (Fsp3) is 0.537. The average Bonchev–Trinajstić information content (AvgIpc) is 3.95. The number of rotatable bonds is 11. The molecule has 1 amide bonds. The Labute approximate surface area is 428 Å². The first-order valence-electron chi connectivity index (χ1n) is 24.4. The molecule has 18 nitrogen and oxygen atoms in total. The first-order valence-corrected chi connectivity index (χ1v) is 24.8. The molecule has 10 rings (SSSR count). The van der Waals surface area contributed by atoms with E-state index in [0.29, 0.717) is 27.7 Å². The number of halogens is 1. The van der Waals surface area contributed by atoms with Gasteiger partial charge in [-0.1, -0.05) is 49.1 Å². The third-order valence-corrected chi connectivity index (χ3v) is 14.4. The van der Waals surface area contributed by atoms with Crippen molar-refractivity contribution >= 4 is 34.2 Å². The summed E-state index contributed by atoms with van der Waals surface area (Å²) in [6.07, 6.45) is -6.07. The molecule has 14 atom stereocenters. The Morgan fingerprint density at radius 1 is 1.00 bits per heavy atom. The number of allylic oxidation sites excluding steroid dienone is 1. The molecule has 1 aromatic heterocycles. The van der Waals surface area contributed by atoms with Crippen LogP contribution in [0.15, 0.2) is 53.6 Å². The summed E-state index contributed by atoms with van der Waals surface area (Å²) < 4.78 is 62.0. The number of aromatic nitrogens is 1. The minimum absolute atomic E-state index is 0.0834. The van der Waals surface area contributed by atoms with Crippen LogP contribution in [0, 0.1) is 35.5 Å². The van der Waals surface area contributed by atoms with Gasteiger partial charge in [-0.2, -0.15) is 0 Å². The molecule has 0 radical (unpaired) electrons. The largest absolute Gasteiger partial charge is 0.507 e. The fourth-order valence-electron chi connectivity index (χ4n) is 10.5. The maximum absolute atomic E-state index is 14.5. The number of aromatic hydroxyl groups is 1. The number of hydrogen-bond acceptors (Lipinski definition) is 17. The van der Waals surface area contributed by atoms with Crippen molar-refractivity contribution in [2.24, 2.45) is 11.8 Å². The number of phenolic OH excluding ortho intramolecular Hbond substituents is 1. The van der Waals surface area contributed by atoms with Crippen LogP contribution in [0.4, 0.5) is 0 Å². The minimum Gasteiger partial charge on any atom is -0.507 e. The first kappa shape index (κ1) is 52.2. The smallest absolute Gasteiger partial charge is 0.329 e. The van der Waals surface area contributed by atoms with Gasteiger partial charge in [0.1, 0.15) is 42.8 Å². The summed E-state index contributed by atoms with van der Waals surface area (Å²) in [6.45, 7) is 12.3. The maximum Gasteiger partial charge on any atom is 0.329 e. The highest BCUT2D eigenvalue weighted by Gasteiger charge is 2.70. The number of amides is 1. The minimum atomic E-state index is -1.55. The molecule has 2 aliphatic carbocycles. The number of phenols is 1. The van der Waals surface area contributed by atoms with Crippen LogP contribution in [-0.4, -0.2) is 143 Å². The summed E-state index contributed by atoms with van der Waals surface area (Å²) in [5, 5.41) is 48.1. The molecule has 0 saturated carbocycles. The number of esters is 1. The fourth-order valence-corrected chi connectivity index (χ4v) is 10.7. The van der Waals surface area contributed by atoms with Crippen molar-refractivity contribution in [1.29, 1.82) is 0 Å². The van der Waals surface area contributed by atoms with E-state index in [2.05, 4.69) is 34.0 Å². The van der Waals surface area contributed by atoms with Crippen molar-refractivity contribution in [1.82, 2.24) is 10.3 Å². The molecule has 5 N–H and O–H groups in total. The number of aliphatic hydroxyl groups is 3. The second-order valence-corrected chi connectivity index (χ2v) is 20.5. The summed E-state index contributed by atoms with van der Waals surface area (Å²) in [5.41, 5.74) is -2.02. The lowest BCUT2D eigenvalue weighted by atomic mass is 9.82. The second kappa shape index (κ2) is 20.6. The predicted molar refractivity (Wildman–Crippen MR) is 262 cm³/mol. The van der Waals surface area contributed by atoms with Crippen LogP contribution >= 0.6 is 11.6 Å². The Hall–Kier alpha value is -5.64. The van der Waals surface area contributed by atoms with Crippen LogP contribution in [0.2, 0.25) is 5.15 Å². The normalized spacial score (nSPS) is 34.3. The Morgan fingerprint density at radius 3 is 2.44 bits per heavy atom. The van der Waals surface area contributed by atoms with Crippen molar-refractivity contribution in [3.63, 3.8) is 0 Å². The van der Waals surface area contributed by atoms with Crippen molar-refractivity contribution in [3.05, 3.63) is 70.0 Å². The van der Waals surface area contributed by atoms with Crippen LogP contribution in [0.1, 0.15) is 77.4 Å². The molecule has 7 aliphatic rings. The summed E-state index contributed by atoms with van der Waals surface area (Å²) in [7, 11) is 2.90. The maximum atomic E-state index is 14.5. The van der Waals surface area contributed by atoms with Crippen LogP contribution in [-0.2, 0) is 39.6 Å². The van der Waals surface area contributed by atoms with Gasteiger partial charge < -0.3 is 73.1 Å². The number of pyridine rings is 1. The number of carbonyl (C=O) groups excluding carboxylic acids is 2. The zero-order valence-electron chi connectivity index (χ0n) is 42.0. The van der Waals surface area contributed by atoms with Gasteiger partial charge >= 0.3 is 5.97 Å². The van der Waals surface area contributed by atoms with Crippen molar-refractivity contribution in [2.45, 2.75) is 152 Å². The molecule has 5 aliphatic heterocycles. The van der Waals surface area contributed by atoms with Gasteiger partial charge in [-0.15, -0.1) is 0 Å². The number of nitrogens with one attached hydrogen (secondary N) is 1. The van der Waals surface area contributed by atoms with E-state index >= 15 is 0 Å². The van der Waals surface area contributed by atoms with E-state index < -0.39 is 103 Å². The van der Waals surface area contributed by atoms with E-state index in [4.69, 9.17) is 59.0 Å². The van der Waals surface area contributed by atoms with Crippen LogP contribution < -0.4 is 24.3 Å². The Kier molecular flexibility index (Phi) is 14.7. The molecule has 73 heavy (non-hydrogen) atoms. The van der Waals surface area contributed by atoms with Gasteiger partial charge in [0.2, 0.25) is 5.75 Å². The van der Waals surface area contributed by atoms with Gasteiger partial charge in [0, 0.05) is 53.5 Å². The molecule has 19 heteroatoms. The zero-order chi connectivity index (χ0) is 52.3. The molecule has 3 fully saturated rings. The number of benzene rings is 2. The number of nitrogens with zero attached hydrogens (tertiary/aromatic N) is 1. The van der Waals surface area contributed by atoms with E-state index in [9.17, 15) is 30.0 Å². The van der Waals surface area contributed by atoms with Crippen molar-refractivity contribution in [2.75, 3.05) is 20.8 Å². The molecule has 2 unspecified atom stereocenters. The number of fused-ring (bicyclic) bond motifs is 8. The summed E-state index contributed by atoms with van der Waals surface area (Å²) in [6, 6.07) is 6.16. The van der Waals surface area contributed by atoms with Crippen molar-refractivity contribution < 1.29 is 77.4 Å². The van der Waals surface area contributed by atoms with E-state index in [-0.39, 0.29) is 70.9 Å². The SMILES string of the molecule is COc1c(OC(C)C)cc2cc(O)c(C(=O)NC3Cc4ccc(c(Cl)n4)O[C@H]4C=C5C#C/C(=C\C#C[C@@H]6O[C@]56[C@@H]4O[C@H]4C[C@@](C)(O)[C@@H](O)[C@H](C)O4)C(O[C@H]4C[C@H](O)[C@H](C(C)C)[C@H](C)O4)COC3=O)cc2c1OC. The molecular weight excluding hydrogens is 968 g/mol. The quantitative estimate of drug-likeness (QED) is 0.0747. The Bertz CT molecular complexity index is 2830. The van der Waals surface area contributed by atoms with Gasteiger partial charge in [0.15, 0.2) is 46.7 Å². The van der Waals surface area contributed by atoms with Gasteiger partial charge in [-0.05, 0) is 82.3 Å². The van der Waals surface area contributed by atoms with Crippen molar-refractivity contribution in [3.8, 4) is 52.4 Å². The second-order valence-electron chi connectivity index (χ2n) is 20.1. The zero-order valence-corrected chi connectivity index (χ0v) is 42.7. The van der Waals surface area contributed by atoms with E-state index in [1.165, 1.54) is 39.4 Å². The van der Waals surface area contributed by atoms with Crippen LogP contribution in [0.5, 0.6) is 28.7 Å². The third kappa shape index (κ3) is 10.3. The average molecular weight is 1030 g/mol. The highest BCUT2D eigenvalue weighted by atomic mass is 35.5. The number of methoxy groups -OCH3 is 2. The number of carbonyl (C=O) groups is 2. The standard InChI is InChI=1S/C54H61ClN2O16/c1-25(2)45-27(5)68-43(22-37(45)59)71-41-24-66-52(62)35(57-51(61)34-21-33-30(17-36(34)58)18-39(67-26(3)4)47(65-9)46(33)64-8)20-32-15-16-38(50(55)56-32)70-40-19-31-14-13-29(41)11-10-12-42-54(31,73-42)49(40)72-44-23-53(7,63)48(60)28(6)69-44/h11,15-19,21,25-28,35,37,40-45,48-49,58-60,63H,20,22-24H2,1-9H3,(H,57,61)/b29-11+/t27-,28-,35?,37-,40-,41?,42-,43-,44-,45+,48-,49+,53+,54+/m0/s1. The number of ether oxygens (including phenoxy) is 10. The topological polar surface area (TPSA) is 236 Å². The molecule has 3 aromatic rings. The highest BCUT2D eigenvalue weighted by Crippen LogP contribution is 2.54. The number of hydrogen-bond donors (Lipinski definition) is 5.